The Kier molecular flexibility index (Phi) is 1.83. The molecular formula is C5H12N2O. The maximum Gasteiger partial charge on any atom is 0.105 e. The molecule has 1 heterocycles. The third kappa shape index (κ3) is 1.43. The zero-order valence-electron chi connectivity index (χ0n) is 4.84. The molecule has 48 valence electrons. The Morgan fingerprint density at radius 1 is 1.25 bits per heavy atom. The molecule has 3 heteroatoms. The Labute approximate surface area is 49.0 Å². The Balaban J connectivity index is 2.19. The second-order valence-electron chi connectivity index (χ2n) is 2.21. The first-order valence-corrected chi connectivity index (χ1v) is 2.92. The van der Waals surface area contributed by atoms with E-state index in [-0.39, 0.29) is 12.3 Å². The van der Waals surface area contributed by atoms with Gasteiger partial charge in [0.2, 0.25) is 0 Å². The van der Waals surface area contributed by atoms with Crippen LogP contribution in [0.4, 0.5) is 0 Å². The average Bonchev–Trinajstić information content (AvgIpc) is 1.77. The maximum atomic E-state index is 5.52. The fraction of sp³-hybridized carbons (Fsp3) is 1.00. The quantitative estimate of drug-likeness (QED) is 0.444. The van der Waals surface area contributed by atoms with E-state index in [0.29, 0.717) is 6.61 Å². The van der Waals surface area contributed by atoms with Crippen molar-refractivity contribution in [3.05, 3.63) is 0 Å². The predicted octanol–water partition coefficient (Wildman–Crippen LogP) is -0.591. The van der Waals surface area contributed by atoms with Crippen LogP contribution >= 0.6 is 0 Å². The van der Waals surface area contributed by atoms with Gasteiger partial charge in [-0.05, 0) is 12.8 Å². The van der Waals surface area contributed by atoms with E-state index in [2.05, 4.69) is 0 Å². The lowest BCUT2D eigenvalue weighted by atomic mass is 10.1. The summed E-state index contributed by atoms with van der Waals surface area (Å²) in [4.78, 5) is 0. The standard InChI is InChI=1S/C5H12N2O/c6-4-1-2-5(7)8-3-4/h4-5H,1-3,6-7H2. The highest BCUT2D eigenvalue weighted by molar-refractivity contribution is 4.67. The van der Waals surface area contributed by atoms with Crippen molar-refractivity contribution in [2.24, 2.45) is 11.5 Å². The van der Waals surface area contributed by atoms with Crippen LogP contribution in [0.5, 0.6) is 0 Å². The molecule has 0 aromatic heterocycles. The molecule has 0 aromatic carbocycles. The molecule has 0 aliphatic carbocycles. The molecule has 1 rings (SSSR count). The van der Waals surface area contributed by atoms with Gasteiger partial charge in [0.25, 0.3) is 0 Å². The number of ether oxygens (including phenoxy) is 1. The second kappa shape index (κ2) is 2.44. The summed E-state index contributed by atoms with van der Waals surface area (Å²) < 4.78 is 5.04. The molecule has 0 radical (unpaired) electrons. The van der Waals surface area contributed by atoms with Crippen molar-refractivity contribution in [2.75, 3.05) is 6.61 Å². The van der Waals surface area contributed by atoms with E-state index in [1.54, 1.807) is 0 Å². The van der Waals surface area contributed by atoms with E-state index in [0.717, 1.165) is 12.8 Å². The third-order valence-electron chi connectivity index (χ3n) is 1.35. The minimum Gasteiger partial charge on any atom is -0.362 e. The minimum atomic E-state index is -0.0604. The first-order valence-electron chi connectivity index (χ1n) is 2.92. The molecule has 2 atom stereocenters. The zero-order chi connectivity index (χ0) is 5.98. The van der Waals surface area contributed by atoms with Crippen molar-refractivity contribution < 1.29 is 4.74 Å². The molecule has 0 amide bonds. The van der Waals surface area contributed by atoms with E-state index in [1.807, 2.05) is 0 Å². The van der Waals surface area contributed by atoms with Crippen molar-refractivity contribution >= 4 is 0 Å². The Morgan fingerprint density at radius 2 is 2.00 bits per heavy atom. The van der Waals surface area contributed by atoms with Crippen LogP contribution in [0.3, 0.4) is 0 Å². The fourth-order valence-corrected chi connectivity index (χ4v) is 0.792. The lowest BCUT2D eigenvalue weighted by molar-refractivity contribution is 0.00971. The monoisotopic (exact) mass is 116 g/mol. The van der Waals surface area contributed by atoms with Crippen molar-refractivity contribution in [3.8, 4) is 0 Å². The Bertz CT molecular complexity index is 58.8. The van der Waals surface area contributed by atoms with Crippen LogP contribution in [0.25, 0.3) is 0 Å². The highest BCUT2D eigenvalue weighted by Gasteiger charge is 2.14. The van der Waals surface area contributed by atoms with Crippen LogP contribution < -0.4 is 11.5 Å². The van der Waals surface area contributed by atoms with Gasteiger partial charge in [0, 0.05) is 6.04 Å². The van der Waals surface area contributed by atoms with Crippen LogP contribution in [-0.4, -0.2) is 18.9 Å². The van der Waals surface area contributed by atoms with E-state index in [4.69, 9.17) is 16.2 Å². The minimum absolute atomic E-state index is 0.0604. The number of rotatable bonds is 0. The molecule has 4 N–H and O–H groups in total. The van der Waals surface area contributed by atoms with Crippen molar-refractivity contribution in [3.63, 3.8) is 0 Å². The van der Waals surface area contributed by atoms with Gasteiger partial charge in [0.05, 0.1) is 6.61 Å². The summed E-state index contributed by atoms with van der Waals surface area (Å²) >= 11 is 0. The van der Waals surface area contributed by atoms with E-state index < -0.39 is 0 Å². The third-order valence-corrected chi connectivity index (χ3v) is 1.35. The van der Waals surface area contributed by atoms with Gasteiger partial charge >= 0.3 is 0 Å². The van der Waals surface area contributed by atoms with Gasteiger partial charge in [0.15, 0.2) is 0 Å². The van der Waals surface area contributed by atoms with E-state index in [1.165, 1.54) is 0 Å². The highest BCUT2D eigenvalue weighted by Crippen LogP contribution is 2.06. The summed E-state index contributed by atoms with van der Waals surface area (Å²) in [5.41, 5.74) is 10.9. The lowest BCUT2D eigenvalue weighted by Gasteiger charge is -2.23. The molecule has 1 saturated heterocycles. The Morgan fingerprint density at radius 3 is 2.38 bits per heavy atom. The molecule has 2 unspecified atom stereocenters. The van der Waals surface area contributed by atoms with Gasteiger partial charge in [-0.15, -0.1) is 0 Å². The lowest BCUT2D eigenvalue weighted by Crippen LogP contribution is -2.39. The number of nitrogens with two attached hydrogens (primary N) is 2. The van der Waals surface area contributed by atoms with Crippen molar-refractivity contribution in [2.45, 2.75) is 25.1 Å². The van der Waals surface area contributed by atoms with Crippen molar-refractivity contribution in [1.82, 2.24) is 0 Å². The molecule has 3 nitrogen and oxygen atoms in total. The van der Waals surface area contributed by atoms with E-state index >= 15 is 0 Å². The molecule has 0 aromatic rings. The molecule has 1 aliphatic rings. The second-order valence-corrected chi connectivity index (χ2v) is 2.21. The summed E-state index contributed by atoms with van der Waals surface area (Å²) in [6.07, 6.45) is 1.84. The smallest absolute Gasteiger partial charge is 0.105 e. The summed E-state index contributed by atoms with van der Waals surface area (Å²) in [6.45, 7) is 0.626. The van der Waals surface area contributed by atoms with Crippen molar-refractivity contribution in [1.29, 1.82) is 0 Å². The first kappa shape index (κ1) is 6.01. The molecular weight excluding hydrogens is 104 g/mol. The van der Waals surface area contributed by atoms with Crippen LogP contribution in [0.15, 0.2) is 0 Å². The fourth-order valence-electron chi connectivity index (χ4n) is 0.792. The van der Waals surface area contributed by atoms with Gasteiger partial charge in [-0.2, -0.15) is 0 Å². The van der Waals surface area contributed by atoms with Crippen LogP contribution in [0.1, 0.15) is 12.8 Å². The normalized spacial score (nSPS) is 39.8. The maximum absolute atomic E-state index is 5.52. The molecule has 1 fully saturated rings. The first-order chi connectivity index (χ1) is 3.79. The van der Waals surface area contributed by atoms with E-state index in [9.17, 15) is 0 Å². The zero-order valence-corrected chi connectivity index (χ0v) is 4.84. The largest absolute Gasteiger partial charge is 0.362 e. The SMILES string of the molecule is NC1CCC(N)OC1. The highest BCUT2D eigenvalue weighted by atomic mass is 16.5. The molecule has 0 bridgehead atoms. The molecule has 0 saturated carbocycles. The van der Waals surface area contributed by atoms with Gasteiger partial charge in [0.1, 0.15) is 6.23 Å². The molecule has 1 aliphatic heterocycles. The average molecular weight is 116 g/mol. The molecule has 0 spiro atoms. The summed E-state index contributed by atoms with van der Waals surface area (Å²) in [6, 6.07) is 0.217. The summed E-state index contributed by atoms with van der Waals surface area (Å²) in [5, 5.41) is 0. The predicted molar refractivity (Wildman–Crippen MR) is 31.1 cm³/mol. The van der Waals surface area contributed by atoms with Crippen LogP contribution in [0.2, 0.25) is 0 Å². The summed E-state index contributed by atoms with van der Waals surface area (Å²) in [5.74, 6) is 0. The topological polar surface area (TPSA) is 61.3 Å². The van der Waals surface area contributed by atoms with Crippen LogP contribution in [0, 0.1) is 0 Å². The van der Waals surface area contributed by atoms with Crippen LogP contribution in [-0.2, 0) is 4.74 Å². The Hall–Kier alpha value is -0.120. The van der Waals surface area contributed by atoms with Gasteiger partial charge in [-0.1, -0.05) is 0 Å². The summed E-state index contributed by atoms with van der Waals surface area (Å²) in [7, 11) is 0. The molecule has 8 heavy (non-hydrogen) atoms. The van der Waals surface area contributed by atoms with Gasteiger partial charge < -0.3 is 16.2 Å². The number of hydrogen-bond acceptors (Lipinski definition) is 3. The van der Waals surface area contributed by atoms with Gasteiger partial charge in [-0.25, -0.2) is 0 Å². The number of hydrogen-bond donors (Lipinski definition) is 2. The van der Waals surface area contributed by atoms with Gasteiger partial charge in [-0.3, -0.25) is 0 Å².